The lowest BCUT2D eigenvalue weighted by atomic mass is 9.95. The van der Waals surface area contributed by atoms with Crippen molar-refractivity contribution in [3.63, 3.8) is 0 Å². The number of benzene rings is 2. The van der Waals surface area contributed by atoms with Gasteiger partial charge < -0.3 is 0 Å². The van der Waals surface area contributed by atoms with Crippen LogP contribution in [0.5, 0.6) is 0 Å². The van der Waals surface area contributed by atoms with E-state index in [-0.39, 0.29) is 15.8 Å². The Hall–Kier alpha value is -1.90. The van der Waals surface area contributed by atoms with Crippen molar-refractivity contribution in [1.82, 2.24) is 0 Å². The molecule has 140 valence electrons. The van der Waals surface area contributed by atoms with Gasteiger partial charge in [-0.05, 0) is 49.1 Å². The van der Waals surface area contributed by atoms with E-state index in [4.69, 9.17) is 5.14 Å². The Morgan fingerprint density at radius 3 is 2.42 bits per heavy atom. The van der Waals surface area contributed by atoms with Crippen LogP contribution in [0, 0.1) is 0 Å². The summed E-state index contributed by atoms with van der Waals surface area (Å²) >= 11 is 0. The number of sulfonamides is 2. The van der Waals surface area contributed by atoms with Crippen LogP contribution in [-0.2, 0) is 26.5 Å². The number of aryl methyl sites for hydroxylation is 1. The largest absolute Gasteiger partial charge is 0.264 e. The lowest BCUT2D eigenvalue weighted by Crippen LogP contribution is -2.43. The average Bonchev–Trinajstić information content (AvgIpc) is 2.61. The summed E-state index contributed by atoms with van der Waals surface area (Å²) in [6, 6.07) is 12.5. The summed E-state index contributed by atoms with van der Waals surface area (Å²) in [5.41, 5.74) is 1.64. The van der Waals surface area contributed by atoms with E-state index < -0.39 is 20.0 Å². The van der Waals surface area contributed by atoms with Gasteiger partial charge in [0.1, 0.15) is 0 Å². The van der Waals surface area contributed by atoms with Crippen molar-refractivity contribution in [3.8, 4) is 0 Å². The number of nitrogens with two attached hydrogens (primary N) is 1. The summed E-state index contributed by atoms with van der Waals surface area (Å²) in [4.78, 5) is -0.280. The molecule has 0 radical (unpaired) electrons. The number of nitrogens with zero attached hydrogens (tertiary/aromatic N) is 1. The molecule has 0 spiro atoms. The van der Waals surface area contributed by atoms with Gasteiger partial charge in [0.05, 0.1) is 15.5 Å². The zero-order chi connectivity index (χ0) is 18.9. The first-order valence-electron chi connectivity index (χ1n) is 8.50. The maximum Gasteiger partial charge on any atom is 0.264 e. The molecule has 6 nitrogen and oxygen atoms in total. The van der Waals surface area contributed by atoms with Crippen LogP contribution in [0.2, 0.25) is 0 Å². The zero-order valence-corrected chi connectivity index (χ0v) is 16.1. The van der Waals surface area contributed by atoms with Crippen molar-refractivity contribution in [2.24, 2.45) is 5.14 Å². The number of fused-ring (bicyclic) bond motifs is 1. The van der Waals surface area contributed by atoms with Crippen LogP contribution in [-0.4, -0.2) is 22.9 Å². The first kappa shape index (κ1) is 18.9. The van der Waals surface area contributed by atoms with Gasteiger partial charge in [0, 0.05) is 6.04 Å². The Kier molecular flexibility index (Phi) is 5.09. The number of rotatable bonds is 5. The molecule has 0 amide bonds. The van der Waals surface area contributed by atoms with Gasteiger partial charge in [-0.1, -0.05) is 37.6 Å². The molecule has 1 heterocycles. The Morgan fingerprint density at radius 2 is 1.73 bits per heavy atom. The summed E-state index contributed by atoms with van der Waals surface area (Å²) in [6.07, 6.45) is 3.15. The zero-order valence-electron chi connectivity index (χ0n) is 14.5. The number of primary sulfonamides is 1. The van der Waals surface area contributed by atoms with E-state index in [1.54, 1.807) is 6.07 Å². The van der Waals surface area contributed by atoms with E-state index in [2.05, 4.69) is 0 Å². The highest BCUT2D eigenvalue weighted by molar-refractivity contribution is 7.93. The molecule has 0 saturated heterocycles. The Bertz CT molecular complexity index is 1020. The fourth-order valence-electron chi connectivity index (χ4n) is 3.42. The molecule has 0 aliphatic carbocycles. The average molecular weight is 395 g/mol. The van der Waals surface area contributed by atoms with Crippen LogP contribution >= 0.6 is 0 Å². The van der Waals surface area contributed by atoms with Gasteiger partial charge in [0.25, 0.3) is 10.0 Å². The van der Waals surface area contributed by atoms with Crippen molar-refractivity contribution in [3.05, 3.63) is 54.1 Å². The monoisotopic (exact) mass is 394 g/mol. The Balaban J connectivity index is 2.15. The van der Waals surface area contributed by atoms with E-state index in [1.165, 1.54) is 22.5 Å². The highest BCUT2D eigenvalue weighted by Crippen LogP contribution is 2.37. The minimum Gasteiger partial charge on any atom is -0.263 e. The fraction of sp³-hybridized carbons (Fsp3) is 0.333. The van der Waals surface area contributed by atoms with Crippen LogP contribution in [0.25, 0.3) is 0 Å². The summed E-state index contributed by atoms with van der Waals surface area (Å²) in [5.74, 6) is 0. The van der Waals surface area contributed by atoms with Gasteiger partial charge >= 0.3 is 0 Å². The Morgan fingerprint density at radius 1 is 1.04 bits per heavy atom. The first-order valence-corrected chi connectivity index (χ1v) is 11.5. The minimum atomic E-state index is -3.98. The number of anilines is 1. The van der Waals surface area contributed by atoms with E-state index in [1.807, 2.05) is 25.1 Å². The molecule has 0 saturated carbocycles. The van der Waals surface area contributed by atoms with Crippen LogP contribution in [0.1, 0.15) is 31.7 Å². The van der Waals surface area contributed by atoms with Crippen molar-refractivity contribution in [2.45, 2.75) is 48.4 Å². The summed E-state index contributed by atoms with van der Waals surface area (Å²) in [5, 5.41) is 5.16. The topological polar surface area (TPSA) is 97.5 Å². The molecule has 26 heavy (non-hydrogen) atoms. The molecule has 0 aromatic heterocycles. The van der Waals surface area contributed by atoms with Gasteiger partial charge in [-0.15, -0.1) is 0 Å². The Labute approximate surface area is 154 Å². The molecule has 8 heteroatoms. The van der Waals surface area contributed by atoms with Crippen LogP contribution in [0.3, 0.4) is 0 Å². The molecule has 1 aliphatic heterocycles. The standard InChI is InChI=1S/C18H22N2O4S2/c1-2-6-15-12-11-14-7-3-4-10-18(14)20(15)26(23,24)17-9-5-8-16(13-17)25(19,21)22/h3-5,7-10,13,15H,2,6,11-12H2,1H3,(H2,19,21,22). The van der Waals surface area contributed by atoms with Gasteiger partial charge in [-0.25, -0.2) is 22.0 Å². The molecular formula is C18H22N2O4S2. The molecule has 1 unspecified atom stereocenters. The van der Waals surface area contributed by atoms with Crippen molar-refractivity contribution in [2.75, 3.05) is 4.31 Å². The highest BCUT2D eigenvalue weighted by Gasteiger charge is 2.35. The van der Waals surface area contributed by atoms with Crippen molar-refractivity contribution < 1.29 is 16.8 Å². The van der Waals surface area contributed by atoms with Gasteiger partial charge in [-0.3, -0.25) is 4.31 Å². The quantitative estimate of drug-likeness (QED) is 0.843. The second-order valence-electron chi connectivity index (χ2n) is 6.43. The van der Waals surface area contributed by atoms with E-state index in [9.17, 15) is 16.8 Å². The van der Waals surface area contributed by atoms with Gasteiger partial charge in [-0.2, -0.15) is 0 Å². The SMILES string of the molecule is CCCC1CCc2ccccc2N1S(=O)(=O)c1cccc(S(N)(=O)=O)c1. The molecule has 2 N–H and O–H groups in total. The number of para-hydroxylation sites is 1. The lowest BCUT2D eigenvalue weighted by Gasteiger charge is -2.38. The predicted octanol–water partition coefficient (Wildman–Crippen LogP) is 2.64. The molecule has 0 bridgehead atoms. The smallest absolute Gasteiger partial charge is 0.263 e. The minimum absolute atomic E-state index is 0.0677. The first-order chi connectivity index (χ1) is 12.2. The molecule has 2 aromatic rings. The molecule has 1 aliphatic rings. The maximum absolute atomic E-state index is 13.4. The van der Waals surface area contributed by atoms with Crippen molar-refractivity contribution in [1.29, 1.82) is 0 Å². The summed E-state index contributed by atoms with van der Waals surface area (Å²) < 4.78 is 51.5. The number of hydrogen-bond acceptors (Lipinski definition) is 4. The van der Waals surface area contributed by atoms with E-state index >= 15 is 0 Å². The van der Waals surface area contributed by atoms with Gasteiger partial charge in [0.15, 0.2) is 0 Å². The molecule has 2 aromatic carbocycles. The van der Waals surface area contributed by atoms with E-state index in [0.717, 1.165) is 37.3 Å². The molecule has 0 fully saturated rings. The third kappa shape index (κ3) is 3.49. The van der Waals surface area contributed by atoms with Crippen LogP contribution < -0.4 is 9.44 Å². The third-order valence-electron chi connectivity index (χ3n) is 4.62. The molecule has 3 rings (SSSR count). The third-order valence-corrected chi connectivity index (χ3v) is 7.39. The normalized spacial score (nSPS) is 17.8. The molecular weight excluding hydrogens is 372 g/mol. The van der Waals surface area contributed by atoms with E-state index in [0.29, 0.717) is 5.69 Å². The summed E-state index contributed by atoms with van der Waals surface area (Å²) in [6.45, 7) is 2.02. The van der Waals surface area contributed by atoms with Gasteiger partial charge in [0.2, 0.25) is 10.0 Å². The highest BCUT2D eigenvalue weighted by atomic mass is 32.2. The number of hydrogen-bond donors (Lipinski definition) is 1. The summed E-state index contributed by atoms with van der Waals surface area (Å²) in [7, 11) is -7.90. The second kappa shape index (κ2) is 7.02. The van der Waals surface area contributed by atoms with Crippen molar-refractivity contribution >= 4 is 25.7 Å². The fourth-order valence-corrected chi connectivity index (χ4v) is 5.85. The lowest BCUT2D eigenvalue weighted by molar-refractivity contribution is 0.519. The van der Waals surface area contributed by atoms with Crippen LogP contribution in [0.15, 0.2) is 58.3 Å². The maximum atomic E-state index is 13.4. The van der Waals surface area contributed by atoms with Crippen LogP contribution in [0.4, 0.5) is 5.69 Å². The predicted molar refractivity (Wildman–Crippen MR) is 101 cm³/mol. The molecule has 1 atom stereocenters. The second-order valence-corrected chi connectivity index (χ2v) is 9.81.